The summed E-state index contributed by atoms with van der Waals surface area (Å²) in [4.78, 5) is 0. The second kappa shape index (κ2) is 10.8. The molecule has 0 fully saturated rings. The number of aromatic nitrogens is 2. The number of hydrogen-bond acceptors (Lipinski definition) is 0. The molecule has 3 heterocycles. The van der Waals surface area contributed by atoms with Gasteiger partial charge in [0, 0.05) is 38.3 Å². The molecule has 0 spiro atoms. The molecule has 0 amide bonds. The van der Waals surface area contributed by atoms with Gasteiger partial charge in [0.05, 0.1) is 11.0 Å². The van der Waals surface area contributed by atoms with Crippen molar-refractivity contribution < 1.29 is 0 Å². The Kier molecular flexibility index (Phi) is 5.89. The lowest BCUT2D eigenvalue weighted by Gasteiger charge is -2.29. The third-order valence-electron chi connectivity index (χ3n) is 11.7. The average molecular weight is 671 g/mol. The predicted molar refractivity (Wildman–Crippen MR) is 227 cm³/mol. The monoisotopic (exact) mass is 670 g/mol. The highest BCUT2D eigenvalue weighted by Gasteiger charge is 2.37. The standard InChI is InChI=1S/C50H31BN2/c1-3-13-32(14-4-1)35-23-26-40-41-27-24-36(33-15-5-2-6-16-33)31-47(41)53(46(40)30-35)51-42-21-11-12-22-44(42)52-45-28-25-34-17-7-9-19-38(34)48(45)49-39-20-10-8-18-37(39)29-43(51)50(49)52/h1-31H. The molecule has 0 saturated carbocycles. The van der Waals surface area contributed by atoms with Crippen LogP contribution in [0.3, 0.4) is 0 Å². The van der Waals surface area contributed by atoms with Crippen LogP contribution in [-0.2, 0) is 0 Å². The largest absolute Gasteiger partial charge is 0.376 e. The van der Waals surface area contributed by atoms with Gasteiger partial charge in [0.2, 0.25) is 0 Å². The van der Waals surface area contributed by atoms with Gasteiger partial charge in [-0.15, -0.1) is 0 Å². The van der Waals surface area contributed by atoms with Crippen LogP contribution in [0.5, 0.6) is 0 Å². The summed E-state index contributed by atoms with van der Waals surface area (Å²) < 4.78 is 5.22. The molecule has 1 aliphatic heterocycles. The molecular formula is C50H31BN2. The number of nitrogens with zero attached hydrogens (tertiary/aromatic N) is 2. The van der Waals surface area contributed by atoms with E-state index in [1.165, 1.54) is 104 Å². The molecule has 0 bridgehead atoms. The highest BCUT2D eigenvalue weighted by molar-refractivity contribution is 6.88. The van der Waals surface area contributed by atoms with Gasteiger partial charge < -0.3 is 9.05 Å². The van der Waals surface area contributed by atoms with Crippen molar-refractivity contribution in [2.75, 3.05) is 0 Å². The number of para-hydroxylation sites is 1. The minimum atomic E-state index is -0.0709. The van der Waals surface area contributed by atoms with Gasteiger partial charge >= 0.3 is 6.85 Å². The lowest BCUT2D eigenvalue weighted by molar-refractivity contribution is 1.18. The van der Waals surface area contributed by atoms with E-state index in [4.69, 9.17) is 0 Å². The molecule has 2 aromatic heterocycles. The van der Waals surface area contributed by atoms with E-state index >= 15 is 0 Å². The third kappa shape index (κ3) is 3.99. The summed E-state index contributed by atoms with van der Waals surface area (Å²) in [6, 6.07) is 69.8. The molecule has 3 heteroatoms. The predicted octanol–water partition coefficient (Wildman–Crippen LogP) is 11.5. The van der Waals surface area contributed by atoms with E-state index in [-0.39, 0.29) is 6.85 Å². The second-order valence-corrected chi connectivity index (χ2v) is 14.5. The fraction of sp³-hybridized carbons (Fsp3) is 0. The fourth-order valence-corrected chi connectivity index (χ4v) is 9.45. The first kappa shape index (κ1) is 28.8. The van der Waals surface area contributed by atoms with E-state index in [9.17, 15) is 0 Å². The molecule has 0 aliphatic carbocycles. The van der Waals surface area contributed by atoms with E-state index in [0.717, 1.165) is 0 Å². The molecule has 1 aliphatic rings. The van der Waals surface area contributed by atoms with E-state index in [1.807, 2.05) is 0 Å². The smallest absolute Gasteiger partial charge is 0.332 e. The van der Waals surface area contributed by atoms with Gasteiger partial charge in [-0.1, -0.05) is 164 Å². The first-order valence-corrected chi connectivity index (χ1v) is 18.5. The van der Waals surface area contributed by atoms with Gasteiger partial charge in [0.25, 0.3) is 0 Å². The van der Waals surface area contributed by atoms with Crippen molar-refractivity contribution in [2.45, 2.75) is 0 Å². The molecule has 11 aromatic rings. The molecule has 9 aromatic carbocycles. The number of rotatable bonds is 3. The van der Waals surface area contributed by atoms with Gasteiger partial charge in [-0.25, -0.2) is 0 Å². The Morgan fingerprint density at radius 1 is 0.340 bits per heavy atom. The molecule has 0 saturated heterocycles. The SMILES string of the molecule is c1ccc(-c2ccc3c4ccc(-c5ccccc5)cc4n(B4c5ccccc5-n5c6ccc7ccccc7c6c6c7ccccc7cc4c65)c3c2)cc1. The summed E-state index contributed by atoms with van der Waals surface area (Å²) in [6.07, 6.45) is 0. The first-order valence-electron chi connectivity index (χ1n) is 18.5. The van der Waals surface area contributed by atoms with Gasteiger partial charge in [-0.3, -0.25) is 0 Å². The zero-order valence-corrected chi connectivity index (χ0v) is 28.9. The van der Waals surface area contributed by atoms with E-state index < -0.39 is 0 Å². The number of hydrogen-bond donors (Lipinski definition) is 0. The molecule has 2 nitrogen and oxygen atoms in total. The first-order chi connectivity index (χ1) is 26.3. The summed E-state index contributed by atoms with van der Waals surface area (Å²) >= 11 is 0. The Bertz CT molecular complexity index is 3180. The van der Waals surface area contributed by atoms with Crippen molar-refractivity contribution in [3.63, 3.8) is 0 Å². The van der Waals surface area contributed by atoms with Gasteiger partial charge in [0.1, 0.15) is 0 Å². The maximum Gasteiger partial charge on any atom is 0.332 e. The van der Waals surface area contributed by atoms with Crippen LogP contribution in [0.15, 0.2) is 188 Å². The molecule has 0 atom stereocenters. The normalized spacial score (nSPS) is 12.5. The van der Waals surface area contributed by atoms with Crippen molar-refractivity contribution in [2.24, 2.45) is 0 Å². The van der Waals surface area contributed by atoms with Crippen LogP contribution < -0.4 is 10.9 Å². The average Bonchev–Trinajstić information content (AvgIpc) is 3.75. The third-order valence-corrected chi connectivity index (χ3v) is 11.7. The Labute approximate surface area is 306 Å². The fourth-order valence-electron chi connectivity index (χ4n) is 9.45. The van der Waals surface area contributed by atoms with Crippen LogP contribution in [0, 0.1) is 0 Å². The van der Waals surface area contributed by atoms with Crippen LogP contribution in [0.25, 0.3) is 93.1 Å². The quantitative estimate of drug-likeness (QED) is 0.166. The van der Waals surface area contributed by atoms with Gasteiger partial charge in [-0.2, -0.15) is 0 Å². The zero-order chi connectivity index (χ0) is 34.6. The van der Waals surface area contributed by atoms with E-state index in [2.05, 4.69) is 197 Å². The van der Waals surface area contributed by atoms with Crippen LogP contribution in [0.1, 0.15) is 0 Å². The second-order valence-electron chi connectivity index (χ2n) is 14.5. The van der Waals surface area contributed by atoms with Crippen LogP contribution in [0.2, 0.25) is 0 Å². The summed E-state index contributed by atoms with van der Waals surface area (Å²) in [7, 11) is 0. The Morgan fingerprint density at radius 2 is 0.906 bits per heavy atom. The molecule has 53 heavy (non-hydrogen) atoms. The summed E-state index contributed by atoms with van der Waals surface area (Å²) in [5.41, 5.74) is 13.8. The van der Waals surface area contributed by atoms with Crippen LogP contribution in [0.4, 0.5) is 0 Å². The molecule has 0 radical (unpaired) electrons. The van der Waals surface area contributed by atoms with Gasteiger partial charge in [0.15, 0.2) is 0 Å². The lowest BCUT2D eigenvalue weighted by atomic mass is 9.48. The Hall–Kier alpha value is -6.84. The summed E-state index contributed by atoms with van der Waals surface area (Å²) in [6.45, 7) is -0.0709. The van der Waals surface area contributed by atoms with Crippen LogP contribution >= 0.6 is 0 Å². The van der Waals surface area contributed by atoms with Crippen molar-refractivity contribution in [1.82, 2.24) is 9.05 Å². The Balaban J connectivity index is 1.28. The summed E-state index contributed by atoms with van der Waals surface area (Å²) in [5, 5.41) is 10.3. The molecule has 12 rings (SSSR count). The highest BCUT2D eigenvalue weighted by atomic mass is 15.0. The van der Waals surface area contributed by atoms with Crippen molar-refractivity contribution in [1.29, 1.82) is 0 Å². The summed E-state index contributed by atoms with van der Waals surface area (Å²) in [5.74, 6) is 0. The maximum absolute atomic E-state index is 2.66. The van der Waals surface area contributed by atoms with Crippen molar-refractivity contribution in [3.8, 4) is 27.9 Å². The van der Waals surface area contributed by atoms with Gasteiger partial charge in [-0.05, 0) is 79.0 Å². The van der Waals surface area contributed by atoms with Crippen LogP contribution in [-0.4, -0.2) is 15.9 Å². The van der Waals surface area contributed by atoms with Crippen molar-refractivity contribution >= 4 is 82.9 Å². The molecule has 244 valence electrons. The lowest BCUT2D eigenvalue weighted by Crippen LogP contribution is -2.53. The highest BCUT2D eigenvalue weighted by Crippen LogP contribution is 2.42. The van der Waals surface area contributed by atoms with E-state index in [1.54, 1.807) is 0 Å². The number of benzene rings is 9. The van der Waals surface area contributed by atoms with Crippen molar-refractivity contribution in [3.05, 3.63) is 188 Å². The zero-order valence-electron chi connectivity index (χ0n) is 28.9. The van der Waals surface area contributed by atoms with E-state index in [0.29, 0.717) is 0 Å². The minimum Gasteiger partial charge on any atom is -0.376 e. The molecular weight excluding hydrogens is 639 g/mol. The molecule has 0 N–H and O–H groups in total. The minimum absolute atomic E-state index is 0.0709. The molecule has 0 unspecified atom stereocenters. The maximum atomic E-state index is 2.66. The Morgan fingerprint density at radius 3 is 1.58 bits per heavy atom. The topological polar surface area (TPSA) is 9.86 Å². The number of fused-ring (bicyclic) bond motifs is 12.